The van der Waals surface area contributed by atoms with E-state index in [9.17, 15) is 4.79 Å². The molecule has 0 aromatic rings. The molecule has 4 rings (SSSR count). The Morgan fingerprint density at radius 2 is 1.81 bits per heavy atom. The van der Waals surface area contributed by atoms with Gasteiger partial charge in [-0.05, 0) is 31.6 Å². The number of rotatable bonds is 2. The molecule has 0 unspecified atom stereocenters. The number of hydrogen-bond acceptors (Lipinski definition) is 3. The molecule has 2 amide bonds. The maximum atomic E-state index is 12.5. The molecule has 3 aliphatic heterocycles. The van der Waals surface area contributed by atoms with Crippen LogP contribution in [-0.4, -0.2) is 79.3 Å². The smallest absolute Gasteiger partial charge is 0.320 e. The predicted octanol–water partition coefficient (Wildman–Crippen LogP) is 1.24. The number of urea groups is 1. The largest absolute Gasteiger partial charge is 0.375 e. The highest BCUT2D eigenvalue weighted by Gasteiger charge is 2.40. The number of likely N-dealkylation sites (tertiary alicyclic amines) is 2. The number of hydrogen-bond donors (Lipinski definition) is 0. The standard InChI is InChI=1S/C16H27N3O2/c20-16(18-5-1-2-6-18)19-11-14-10-17(9-13-3-4-13)7-8-21-15(14)12-19/h13-15H,1-12H2/t14-,15+/m1/s1. The normalized spacial score (nSPS) is 34.1. The average Bonchev–Trinajstić information content (AvgIpc) is 3.02. The number of amides is 2. The summed E-state index contributed by atoms with van der Waals surface area (Å²) < 4.78 is 6.05. The molecular formula is C16H27N3O2. The second-order valence-electron chi connectivity index (χ2n) is 7.25. The third kappa shape index (κ3) is 3.04. The van der Waals surface area contributed by atoms with Gasteiger partial charge in [0.05, 0.1) is 12.7 Å². The lowest BCUT2D eigenvalue weighted by molar-refractivity contribution is 0.0521. The van der Waals surface area contributed by atoms with Crippen LogP contribution < -0.4 is 0 Å². The first-order chi connectivity index (χ1) is 10.3. The van der Waals surface area contributed by atoms with Crippen LogP contribution in [0, 0.1) is 11.8 Å². The Bertz CT molecular complexity index is 393. The molecule has 3 saturated heterocycles. The molecule has 0 spiro atoms. The van der Waals surface area contributed by atoms with Crippen molar-refractivity contribution in [3.05, 3.63) is 0 Å². The van der Waals surface area contributed by atoms with Gasteiger partial charge in [-0.15, -0.1) is 0 Å². The summed E-state index contributed by atoms with van der Waals surface area (Å²) in [6.45, 7) is 7.85. The molecule has 5 heteroatoms. The van der Waals surface area contributed by atoms with Crippen molar-refractivity contribution in [2.24, 2.45) is 11.8 Å². The van der Waals surface area contributed by atoms with Crippen molar-refractivity contribution < 1.29 is 9.53 Å². The minimum atomic E-state index is 0.248. The summed E-state index contributed by atoms with van der Waals surface area (Å²) in [7, 11) is 0. The van der Waals surface area contributed by atoms with Crippen molar-refractivity contribution in [1.82, 2.24) is 14.7 Å². The van der Waals surface area contributed by atoms with Crippen molar-refractivity contribution in [3.63, 3.8) is 0 Å². The Hall–Kier alpha value is -0.810. The number of fused-ring (bicyclic) bond motifs is 1. The zero-order chi connectivity index (χ0) is 14.2. The zero-order valence-electron chi connectivity index (χ0n) is 12.9. The highest BCUT2D eigenvalue weighted by molar-refractivity contribution is 5.75. The highest BCUT2D eigenvalue weighted by atomic mass is 16.5. The molecule has 5 nitrogen and oxygen atoms in total. The summed E-state index contributed by atoms with van der Waals surface area (Å²) in [6, 6.07) is 0.248. The highest BCUT2D eigenvalue weighted by Crippen LogP contribution is 2.32. The molecule has 21 heavy (non-hydrogen) atoms. The summed E-state index contributed by atoms with van der Waals surface area (Å²) in [5, 5.41) is 0. The first-order valence-electron chi connectivity index (χ1n) is 8.67. The molecule has 0 bridgehead atoms. The van der Waals surface area contributed by atoms with Gasteiger partial charge in [-0.1, -0.05) is 0 Å². The average molecular weight is 293 g/mol. The molecular weight excluding hydrogens is 266 g/mol. The second kappa shape index (κ2) is 5.76. The van der Waals surface area contributed by atoms with Crippen LogP contribution in [0.1, 0.15) is 25.7 Å². The quantitative estimate of drug-likeness (QED) is 0.769. The molecule has 0 aromatic carbocycles. The lowest BCUT2D eigenvalue weighted by Gasteiger charge is -2.25. The van der Waals surface area contributed by atoms with Crippen molar-refractivity contribution >= 4 is 6.03 Å². The van der Waals surface area contributed by atoms with Gasteiger partial charge < -0.3 is 19.4 Å². The summed E-state index contributed by atoms with van der Waals surface area (Å²) in [6.07, 6.45) is 5.41. The number of carbonyl (C=O) groups is 1. The van der Waals surface area contributed by atoms with Gasteiger partial charge in [0.15, 0.2) is 0 Å². The summed E-state index contributed by atoms with van der Waals surface area (Å²) in [5.41, 5.74) is 0. The molecule has 4 aliphatic rings. The fraction of sp³-hybridized carbons (Fsp3) is 0.938. The fourth-order valence-electron chi connectivity index (χ4n) is 4.06. The van der Waals surface area contributed by atoms with Gasteiger partial charge in [0, 0.05) is 51.7 Å². The van der Waals surface area contributed by atoms with Crippen LogP contribution in [-0.2, 0) is 4.74 Å². The molecule has 4 fully saturated rings. The van der Waals surface area contributed by atoms with Crippen LogP contribution in [0.4, 0.5) is 4.79 Å². The van der Waals surface area contributed by atoms with E-state index in [4.69, 9.17) is 4.74 Å². The third-order valence-electron chi connectivity index (χ3n) is 5.47. The van der Waals surface area contributed by atoms with E-state index in [1.165, 1.54) is 19.4 Å². The molecule has 2 atom stereocenters. The third-order valence-corrected chi connectivity index (χ3v) is 5.47. The van der Waals surface area contributed by atoms with Crippen LogP contribution in [0.25, 0.3) is 0 Å². The van der Waals surface area contributed by atoms with Gasteiger partial charge in [0.1, 0.15) is 0 Å². The minimum absolute atomic E-state index is 0.248. The molecule has 0 aromatic heterocycles. The number of nitrogens with zero attached hydrogens (tertiary/aromatic N) is 3. The summed E-state index contributed by atoms with van der Waals surface area (Å²) in [4.78, 5) is 19.2. The Balaban J connectivity index is 1.35. The molecule has 0 radical (unpaired) electrons. The SMILES string of the molecule is O=C(N1CCCC1)N1C[C@H]2CN(CC3CC3)CCO[C@H]2C1. The molecule has 1 saturated carbocycles. The monoisotopic (exact) mass is 293 g/mol. The van der Waals surface area contributed by atoms with Gasteiger partial charge >= 0.3 is 6.03 Å². The van der Waals surface area contributed by atoms with Gasteiger partial charge in [-0.3, -0.25) is 0 Å². The van der Waals surface area contributed by atoms with E-state index in [1.807, 2.05) is 9.80 Å². The van der Waals surface area contributed by atoms with E-state index >= 15 is 0 Å². The molecule has 3 heterocycles. The second-order valence-corrected chi connectivity index (χ2v) is 7.25. The van der Waals surface area contributed by atoms with Crippen LogP contribution in [0.5, 0.6) is 0 Å². The zero-order valence-corrected chi connectivity index (χ0v) is 12.9. The molecule has 1 aliphatic carbocycles. The maximum absolute atomic E-state index is 12.5. The Kier molecular flexibility index (Phi) is 3.79. The minimum Gasteiger partial charge on any atom is -0.375 e. The van der Waals surface area contributed by atoms with Crippen LogP contribution in [0.2, 0.25) is 0 Å². The van der Waals surface area contributed by atoms with Gasteiger partial charge in [-0.25, -0.2) is 4.79 Å². The Morgan fingerprint density at radius 1 is 1.00 bits per heavy atom. The van der Waals surface area contributed by atoms with Crippen LogP contribution in [0.15, 0.2) is 0 Å². The number of carbonyl (C=O) groups excluding carboxylic acids is 1. The lowest BCUT2D eigenvalue weighted by atomic mass is 10.1. The van der Waals surface area contributed by atoms with E-state index in [2.05, 4.69) is 4.90 Å². The van der Waals surface area contributed by atoms with Crippen molar-refractivity contribution in [2.75, 3.05) is 52.4 Å². The number of ether oxygens (including phenoxy) is 1. The first-order valence-corrected chi connectivity index (χ1v) is 8.67. The Labute approximate surface area is 127 Å². The van der Waals surface area contributed by atoms with Crippen molar-refractivity contribution in [1.29, 1.82) is 0 Å². The predicted molar refractivity (Wildman–Crippen MR) is 80.2 cm³/mol. The van der Waals surface area contributed by atoms with E-state index in [-0.39, 0.29) is 12.1 Å². The van der Waals surface area contributed by atoms with Crippen molar-refractivity contribution in [3.8, 4) is 0 Å². The van der Waals surface area contributed by atoms with E-state index in [0.717, 1.165) is 64.6 Å². The molecule has 118 valence electrons. The van der Waals surface area contributed by atoms with E-state index < -0.39 is 0 Å². The summed E-state index contributed by atoms with van der Waals surface area (Å²) >= 11 is 0. The fourth-order valence-corrected chi connectivity index (χ4v) is 4.06. The Morgan fingerprint density at radius 3 is 2.57 bits per heavy atom. The van der Waals surface area contributed by atoms with Crippen LogP contribution >= 0.6 is 0 Å². The van der Waals surface area contributed by atoms with Gasteiger partial charge in [0.25, 0.3) is 0 Å². The molecule has 0 N–H and O–H groups in total. The van der Waals surface area contributed by atoms with Crippen LogP contribution in [0.3, 0.4) is 0 Å². The lowest BCUT2D eigenvalue weighted by Crippen LogP contribution is -2.41. The van der Waals surface area contributed by atoms with Crippen molar-refractivity contribution in [2.45, 2.75) is 31.8 Å². The van der Waals surface area contributed by atoms with E-state index in [1.54, 1.807) is 0 Å². The van der Waals surface area contributed by atoms with E-state index in [0.29, 0.717) is 5.92 Å². The first kappa shape index (κ1) is 13.8. The summed E-state index contributed by atoms with van der Waals surface area (Å²) in [5.74, 6) is 1.45. The topological polar surface area (TPSA) is 36.0 Å². The van der Waals surface area contributed by atoms with Gasteiger partial charge in [0.2, 0.25) is 0 Å². The van der Waals surface area contributed by atoms with Gasteiger partial charge in [-0.2, -0.15) is 0 Å². The maximum Gasteiger partial charge on any atom is 0.320 e.